The Labute approximate surface area is 168 Å². The lowest BCUT2D eigenvalue weighted by molar-refractivity contribution is 0.185. The summed E-state index contributed by atoms with van der Waals surface area (Å²) in [6, 6.07) is 4.82. The van der Waals surface area contributed by atoms with E-state index in [4.69, 9.17) is 5.73 Å². The number of nitrogens with two attached hydrogens (primary N) is 1. The Morgan fingerprint density at radius 3 is 2.22 bits per heavy atom. The molecule has 0 aromatic heterocycles. The first-order valence-corrected chi connectivity index (χ1v) is 11.3. The van der Waals surface area contributed by atoms with Crippen LogP contribution in [-0.4, -0.2) is 6.54 Å². The highest BCUT2D eigenvalue weighted by atomic mass is 14.5. The number of benzene rings is 1. The van der Waals surface area contributed by atoms with Crippen LogP contribution in [0.15, 0.2) is 24.3 Å². The largest absolute Gasteiger partial charge is 0.330 e. The van der Waals surface area contributed by atoms with Gasteiger partial charge in [0.1, 0.15) is 0 Å². The van der Waals surface area contributed by atoms with Crippen molar-refractivity contribution in [2.75, 3.05) is 6.54 Å². The third-order valence-corrected chi connectivity index (χ3v) is 7.30. The minimum absolute atomic E-state index is 0.389. The lowest BCUT2D eigenvalue weighted by atomic mass is 9.61. The van der Waals surface area contributed by atoms with E-state index in [0.717, 1.165) is 6.54 Å². The van der Waals surface area contributed by atoms with Gasteiger partial charge in [-0.05, 0) is 99.4 Å². The van der Waals surface area contributed by atoms with Gasteiger partial charge in [-0.15, -0.1) is 0 Å². The van der Waals surface area contributed by atoms with Gasteiger partial charge in [-0.3, -0.25) is 0 Å². The first-order chi connectivity index (χ1) is 12.9. The summed E-state index contributed by atoms with van der Waals surface area (Å²) in [5, 5.41) is 0. The topological polar surface area (TPSA) is 26.0 Å². The Morgan fingerprint density at radius 2 is 1.63 bits per heavy atom. The first-order valence-electron chi connectivity index (χ1n) is 11.3. The molecule has 0 spiro atoms. The molecule has 1 saturated carbocycles. The molecule has 1 atom stereocenters. The van der Waals surface area contributed by atoms with Crippen LogP contribution in [0.25, 0.3) is 0 Å². The zero-order valence-electron chi connectivity index (χ0n) is 18.5. The molecule has 0 aliphatic heterocycles. The zero-order chi connectivity index (χ0) is 19.9. The van der Waals surface area contributed by atoms with Crippen LogP contribution in [0.2, 0.25) is 0 Å². The van der Waals surface area contributed by atoms with Crippen LogP contribution in [0.4, 0.5) is 0 Å². The van der Waals surface area contributed by atoms with E-state index in [9.17, 15) is 0 Å². The minimum Gasteiger partial charge on any atom is -0.330 e. The van der Waals surface area contributed by atoms with Gasteiger partial charge in [0.2, 0.25) is 0 Å². The van der Waals surface area contributed by atoms with E-state index < -0.39 is 0 Å². The number of unbranched alkanes of at least 4 members (excludes halogenated alkanes) is 4. The summed E-state index contributed by atoms with van der Waals surface area (Å²) in [4.78, 5) is 0. The summed E-state index contributed by atoms with van der Waals surface area (Å²) in [6.45, 7) is 14.3. The molecule has 1 aliphatic carbocycles. The molecule has 1 fully saturated rings. The predicted molar refractivity (Wildman–Crippen MR) is 120 cm³/mol. The smallest absolute Gasteiger partial charge is 0.00515 e. The molecule has 0 radical (unpaired) electrons. The second kappa shape index (κ2) is 10.5. The van der Waals surface area contributed by atoms with Gasteiger partial charge in [0.05, 0.1) is 0 Å². The molecule has 27 heavy (non-hydrogen) atoms. The number of aryl methyl sites for hydroxylation is 1. The van der Waals surface area contributed by atoms with Crippen molar-refractivity contribution in [2.45, 2.75) is 98.3 Å². The number of hydrogen-bond donors (Lipinski definition) is 1. The molecule has 1 nitrogen and oxygen atoms in total. The van der Waals surface area contributed by atoms with Crippen molar-refractivity contribution >= 4 is 0 Å². The maximum absolute atomic E-state index is 5.69. The molecule has 1 heteroatoms. The quantitative estimate of drug-likeness (QED) is 0.309. The summed E-state index contributed by atoms with van der Waals surface area (Å²) < 4.78 is 0. The van der Waals surface area contributed by atoms with Crippen LogP contribution in [0.1, 0.15) is 93.9 Å². The molecule has 0 saturated heterocycles. The highest BCUT2D eigenvalue weighted by molar-refractivity contribution is 5.41. The van der Waals surface area contributed by atoms with Crippen LogP contribution in [0.5, 0.6) is 0 Å². The van der Waals surface area contributed by atoms with Crippen molar-refractivity contribution in [2.24, 2.45) is 17.1 Å². The van der Waals surface area contributed by atoms with Crippen LogP contribution in [0.3, 0.4) is 0 Å². The van der Waals surface area contributed by atoms with E-state index in [1.54, 1.807) is 11.1 Å². The van der Waals surface area contributed by atoms with E-state index in [1.165, 1.54) is 87.3 Å². The van der Waals surface area contributed by atoms with Gasteiger partial charge >= 0.3 is 0 Å². The Hall–Kier alpha value is -1.08. The molecule has 1 aliphatic rings. The van der Waals surface area contributed by atoms with Gasteiger partial charge in [0.25, 0.3) is 0 Å². The predicted octanol–water partition coefficient (Wildman–Crippen LogP) is 7.07. The zero-order valence-corrected chi connectivity index (χ0v) is 18.5. The molecule has 1 unspecified atom stereocenters. The van der Waals surface area contributed by atoms with E-state index in [2.05, 4.69) is 46.4 Å². The van der Waals surface area contributed by atoms with Crippen molar-refractivity contribution in [1.82, 2.24) is 0 Å². The van der Waals surface area contributed by atoms with Crippen molar-refractivity contribution in [3.63, 3.8) is 0 Å². The van der Waals surface area contributed by atoms with Gasteiger partial charge in [0, 0.05) is 0 Å². The molecular weight excluding hydrogens is 326 g/mol. The number of allylic oxidation sites excluding steroid dienone is 1. The molecule has 0 bridgehead atoms. The molecule has 2 rings (SSSR count). The summed E-state index contributed by atoms with van der Waals surface area (Å²) >= 11 is 0. The summed E-state index contributed by atoms with van der Waals surface area (Å²) in [5.74, 6) is 0.693. The lowest BCUT2D eigenvalue weighted by Gasteiger charge is -2.43. The van der Waals surface area contributed by atoms with Crippen molar-refractivity contribution in [3.05, 3.63) is 46.5 Å². The molecule has 0 heterocycles. The summed E-state index contributed by atoms with van der Waals surface area (Å²) in [5.41, 5.74) is 13.6. The third kappa shape index (κ3) is 5.95. The maximum Gasteiger partial charge on any atom is -0.00515 e. The van der Waals surface area contributed by atoms with E-state index in [0.29, 0.717) is 11.3 Å². The van der Waals surface area contributed by atoms with Gasteiger partial charge in [-0.2, -0.15) is 0 Å². The fraction of sp³-hybridized carbons (Fsp3) is 0.692. The molecule has 152 valence electrons. The second-order valence-corrected chi connectivity index (χ2v) is 9.37. The number of rotatable bonds is 12. The summed E-state index contributed by atoms with van der Waals surface area (Å²) in [7, 11) is 0. The molecule has 2 N–H and O–H groups in total. The van der Waals surface area contributed by atoms with Crippen molar-refractivity contribution in [1.29, 1.82) is 0 Å². The molecule has 1 aromatic rings. The highest BCUT2D eigenvalue weighted by Crippen LogP contribution is 2.49. The average Bonchev–Trinajstić information content (AvgIpc) is 2.61. The van der Waals surface area contributed by atoms with E-state index >= 15 is 0 Å². The highest BCUT2D eigenvalue weighted by Gasteiger charge is 2.37. The van der Waals surface area contributed by atoms with Crippen molar-refractivity contribution in [3.8, 4) is 0 Å². The second-order valence-electron chi connectivity index (χ2n) is 9.37. The maximum atomic E-state index is 5.69. The Morgan fingerprint density at radius 1 is 1.04 bits per heavy atom. The third-order valence-electron chi connectivity index (χ3n) is 7.30. The first kappa shape index (κ1) is 22.2. The van der Waals surface area contributed by atoms with Crippen LogP contribution in [0, 0.1) is 25.2 Å². The van der Waals surface area contributed by atoms with Crippen LogP contribution >= 0.6 is 0 Å². The molecule has 0 amide bonds. The fourth-order valence-corrected chi connectivity index (χ4v) is 4.57. The summed E-state index contributed by atoms with van der Waals surface area (Å²) in [6.07, 6.45) is 14.5. The molecular formula is C26H43N. The Kier molecular flexibility index (Phi) is 8.61. The van der Waals surface area contributed by atoms with Gasteiger partial charge in [-0.25, -0.2) is 0 Å². The lowest BCUT2D eigenvalue weighted by Crippen LogP contribution is -2.33. The van der Waals surface area contributed by atoms with Gasteiger partial charge < -0.3 is 5.73 Å². The normalized spacial score (nSPS) is 16.8. The average molecular weight is 370 g/mol. The Bertz CT molecular complexity index is 609. The van der Waals surface area contributed by atoms with E-state index in [-0.39, 0.29) is 0 Å². The Balaban J connectivity index is 1.80. The van der Waals surface area contributed by atoms with E-state index in [1.807, 2.05) is 0 Å². The van der Waals surface area contributed by atoms with Gasteiger partial charge in [0.15, 0.2) is 0 Å². The van der Waals surface area contributed by atoms with Crippen LogP contribution in [-0.2, 0) is 12.8 Å². The van der Waals surface area contributed by atoms with Crippen LogP contribution < -0.4 is 5.73 Å². The van der Waals surface area contributed by atoms with Gasteiger partial charge in [-0.1, -0.05) is 63.3 Å². The van der Waals surface area contributed by atoms with Crippen molar-refractivity contribution < 1.29 is 0 Å². The fourth-order valence-electron chi connectivity index (χ4n) is 4.57. The number of hydrogen-bond acceptors (Lipinski definition) is 1. The molecule has 1 aromatic carbocycles. The monoisotopic (exact) mass is 369 g/mol. The minimum atomic E-state index is 0.389. The standard InChI is InChI=1S/C26H43N/c1-20(2)26(16-11-17-26)18-25-15-14-24(22(4)23(25)5)13-10-8-6-7-9-12-21(3)19-27/h14-15,21H,1,6-13,16-19,27H2,2-5H3. The SMILES string of the molecule is C=C(C)C1(Cc2ccc(CCCCCCCC(C)CN)c(C)c2C)CCC1.